The zero-order valence-electron chi connectivity index (χ0n) is 20.2. The summed E-state index contributed by atoms with van der Waals surface area (Å²) in [4.78, 5) is 27.3. The smallest absolute Gasteiger partial charge is 0.413 e. The molecule has 0 saturated heterocycles. The quantitative estimate of drug-likeness (QED) is 0.572. The van der Waals surface area contributed by atoms with Gasteiger partial charge in [-0.3, -0.25) is 4.90 Å². The van der Waals surface area contributed by atoms with Crippen molar-refractivity contribution in [2.75, 3.05) is 0 Å². The fourth-order valence-corrected chi connectivity index (χ4v) is 4.53. The van der Waals surface area contributed by atoms with Crippen molar-refractivity contribution in [3.05, 3.63) is 0 Å². The van der Waals surface area contributed by atoms with Crippen molar-refractivity contribution in [2.45, 2.75) is 123 Å². The van der Waals surface area contributed by atoms with Crippen LogP contribution in [0.2, 0.25) is 0 Å². The number of nitrogens with one attached hydrogen (secondary N) is 1. The molecule has 0 spiro atoms. The van der Waals surface area contributed by atoms with Gasteiger partial charge in [0.1, 0.15) is 5.60 Å². The van der Waals surface area contributed by atoms with Crippen LogP contribution in [0.15, 0.2) is 0 Å². The third-order valence-electron chi connectivity index (χ3n) is 6.48. The van der Waals surface area contributed by atoms with Gasteiger partial charge in [-0.1, -0.05) is 13.8 Å². The Bertz CT molecular complexity index is 632. The molecule has 6 atom stereocenters. The molecule has 0 radical (unpaired) electrons. The van der Waals surface area contributed by atoms with Gasteiger partial charge in [0.05, 0.1) is 12.2 Å². The van der Waals surface area contributed by atoms with E-state index in [0.717, 1.165) is 19.3 Å². The third kappa shape index (κ3) is 7.24. The molecule has 0 aromatic carbocycles. The molecule has 2 aliphatic carbocycles. The van der Waals surface area contributed by atoms with Crippen LogP contribution in [0.4, 0.5) is 9.59 Å². The van der Waals surface area contributed by atoms with E-state index in [4.69, 9.17) is 9.47 Å². The molecule has 2 rings (SSSR count). The number of alkyl carbamates (subject to hydrolysis) is 1. The molecular formula is C23H42N2O6. The van der Waals surface area contributed by atoms with Crippen molar-refractivity contribution in [3.8, 4) is 0 Å². The summed E-state index contributed by atoms with van der Waals surface area (Å²) >= 11 is 0. The highest BCUT2D eigenvalue weighted by Crippen LogP contribution is 2.33. The van der Waals surface area contributed by atoms with Gasteiger partial charge in [-0.15, -0.1) is 0 Å². The number of aliphatic hydroxyl groups excluding tert-OH is 2. The Morgan fingerprint density at radius 3 is 1.94 bits per heavy atom. The maximum absolute atomic E-state index is 13.1. The Balaban J connectivity index is 2.12. The summed E-state index contributed by atoms with van der Waals surface area (Å²) in [6.45, 7) is 12.7. The summed E-state index contributed by atoms with van der Waals surface area (Å²) in [6, 6.07) is -0.469. The van der Waals surface area contributed by atoms with Crippen LogP contribution in [-0.4, -0.2) is 62.9 Å². The van der Waals surface area contributed by atoms with Crippen LogP contribution in [0.1, 0.15) is 87.0 Å². The van der Waals surface area contributed by atoms with E-state index in [2.05, 4.69) is 5.32 Å². The largest absolute Gasteiger partial charge is 0.444 e. The molecule has 2 amide bonds. The normalized spacial score (nSPS) is 32.2. The summed E-state index contributed by atoms with van der Waals surface area (Å²) < 4.78 is 11.3. The zero-order chi connectivity index (χ0) is 23.6. The van der Waals surface area contributed by atoms with Crippen LogP contribution >= 0.6 is 0 Å². The minimum atomic E-state index is -1.28. The highest BCUT2D eigenvalue weighted by molar-refractivity contribution is 5.72. The molecule has 0 aliphatic heterocycles. The molecule has 0 aromatic heterocycles. The topological polar surface area (TPSA) is 108 Å². The van der Waals surface area contributed by atoms with Crippen molar-refractivity contribution in [2.24, 2.45) is 11.8 Å². The number of hydrogen-bond donors (Lipinski definition) is 3. The Kier molecular flexibility index (Phi) is 8.25. The first kappa shape index (κ1) is 25.7. The van der Waals surface area contributed by atoms with E-state index in [1.807, 2.05) is 13.8 Å². The lowest BCUT2D eigenvalue weighted by atomic mass is 9.83. The lowest BCUT2D eigenvalue weighted by Crippen LogP contribution is -2.59. The van der Waals surface area contributed by atoms with Crippen molar-refractivity contribution >= 4 is 12.2 Å². The maximum atomic E-state index is 13.1. The maximum Gasteiger partial charge on any atom is 0.413 e. The van der Waals surface area contributed by atoms with Gasteiger partial charge in [0, 0.05) is 12.1 Å². The average molecular weight is 443 g/mol. The van der Waals surface area contributed by atoms with Crippen molar-refractivity contribution in [3.63, 3.8) is 0 Å². The number of rotatable bonds is 4. The first-order chi connectivity index (χ1) is 14.2. The minimum Gasteiger partial charge on any atom is -0.444 e. The second kappa shape index (κ2) is 9.94. The predicted octanol–water partition coefficient (Wildman–Crippen LogP) is 3.78. The number of ether oxygens (including phenoxy) is 2. The highest BCUT2D eigenvalue weighted by atomic mass is 16.6. The Morgan fingerprint density at radius 2 is 1.42 bits per heavy atom. The fraction of sp³-hybridized carbons (Fsp3) is 0.913. The monoisotopic (exact) mass is 442 g/mol. The number of aliphatic hydroxyl groups is 2. The van der Waals surface area contributed by atoms with Gasteiger partial charge < -0.3 is 25.0 Å². The SMILES string of the molecule is C[C@@H]1CC[C@@H](N(C(=O)OC(C)(C)C)C(C)(C)OC(=O)N[C@@H]2CC[C@H](C)[C@@H](O)C2)C[C@H]1O. The van der Waals surface area contributed by atoms with Gasteiger partial charge in [-0.05, 0) is 85.0 Å². The molecule has 2 saturated carbocycles. The summed E-state index contributed by atoms with van der Waals surface area (Å²) in [7, 11) is 0. The molecule has 8 nitrogen and oxygen atoms in total. The van der Waals surface area contributed by atoms with E-state index < -0.39 is 35.7 Å². The van der Waals surface area contributed by atoms with Crippen LogP contribution in [0, 0.1) is 11.8 Å². The standard InChI is InChI=1S/C23H42N2O6/c1-14-8-10-16(12-18(14)26)24-20(28)30-23(6,7)25(21(29)31-22(3,4)5)17-11-9-15(2)19(27)13-17/h14-19,26-27H,8-13H2,1-7H3,(H,24,28)/t14-,15+,16+,17+,18-,19+/m0/s1. The molecule has 0 unspecified atom stereocenters. The van der Waals surface area contributed by atoms with Crippen LogP contribution in [-0.2, 0) is 9.47 Å². The van der Waals surface area contributed by atoms with E-state index >= 15 is 0 Å². The predicted molar refractivity (Wildman–Crippen MR) is 117 cm³/mol. The van der Waals surface area contributed by atoms with Gasteiger partial charge in [-0.2, -0.15) is 0 Å². The van der Waals surface area contributed by atoms with Crippen LogP contribution < -0.4 is 5.32 Å². The third-order valence-corrected chi connectivity index (χ3v) is 6.48. The molecule has 180 valence electrons. The van der Waals surface area contributed by atoms with Crippen LogP contribution in [0.3, 0.4) is 0 Å². The molecule has 8 heteroatoms. The number of hydrogen-bond acceptors (Lipinski definition) is 6. The number of carbonyl (C=O) groups excluding carboxylic acids is 2. The highest BCUT2D eigenvalue weighted by Gasteiger charge is 2.44. The Hall–Kier alpha value is -1.54. The van der Waals surface area contributed by atoms with Gasteiger partial charge in [0.2, 0.25) is 0 Å². The van der Waals surface area contributed by atoms with Crippen LogP contribution in [0.5, 0.6) is 0 Å². The molecular weight excluding hydrogens is 400 g/mol. The summed E-state index contributed by atoms with van der Waals surface area (Å²) in [5.74, 6) is 0.373. The van der Waals surface area contributed by atoms with E-state index in [9.17, 15) is 19.8 Å². The van der Waals surface area contributed by atoms with E-state index in [1.54, 1.807) is 34.6 Å². The Morgan fingerprint density at radius 1 is 0.871 bits per heavy atom. The second-order valence-electron chi connectivity index (χ2n) is 10.9. The van der Waals surface area contributed by atoms with E-state index in [-0.39, 0.29) is 23.9 Å². The van der Waals surface area contributed by atoms with Crippen LogP contribution in [0.25, 0.3) is 0 Å². The average Bonchev–Trinajstić information content (AvgIpc) is 2.59. The van der Waals surface area contributed by atoms with Gasteiger partial charge in [0.15, 0.2) is 5.72 Å². The van der Waals surface area contributed by atoms with Gasteiger partial charge in [0.25, 0.3) is 0 Å². The number of nitrogens with zero attached hydrogens (tertiary/aromatic N) is 1. The van der Waals surface area contributed by atoms with Crippen molar-refractivity contribution in [1.82, 2.24) is 10.2 Å². The molecule has 2 aliphatic rings. The molecule has 0 aromatic rings. The lowest BCUT2D eigenvalue weighted by Gasteiger charge is -2.46. The summed E-state index contributed by atoms with van der Waals surface area (Å²) in [5.41, 5.74) is -1.98. The molecule has 31 heavy (non-hydrogen) atoms. The van der Waals surface area contributed by atoms with Crippen molar-refractivity contribution in [1.29, 1.82) is 0 Å². The first-order valence-corrected chi connectivity index (χ1v) is 11.6. The van der Waals surface area contributed by atoms with Gasteiger partial charge in [-0.25, -0.2) is 9.59 Å². The molecule has 3 N–H and O–H groups in total. The summed E-state index contributed by atoms with van der Waals surface area (Å²) in [5, 5.41) is 23.3. The minimum absolute atomic E-state index is 0.157. The molecule has 0 heterocycles. The van der Waals surface area contributed by atoms with Gasteiger partial charge >= 0.3 is 12.2 Å². The lowest BCUT2D eigenvalue weighted by molar-refractivity contribution is -0.119. The van der Waals surface area contributed by atoms with Crippen molar-refractivity contribution < 1.29 is 29.3 Å². The molecule has 0 bridgehead atoms. The van der Waals surface area contributed by atoms with E-state index in [1.165, 1.54) is 4.90 Å². The zero-order valence-corrected chi connectivity index (χ0v) is 20.2. The summed E-state index contributed by atoms with van der Waals surface area (Å²) in [6.07, 6.45) is 1.78. The number of amides is 2. The Labute approximate surface area is 186 Å². The fourth-order valence-electron chi connectivity index (χ4n) is 4.53. The number of carbonyl (C=O) groups is 2. The van der Waals surface area contributed by atoms with E-state index in [0.29, 0.717) is 19.3 Å². The molecule has 2 fully saturated rings. The first-order valence-electron chi connectivity index (χ1n) is 11.6. The second-order valence-corrected chi connectivity index (χ2v) is 10.9.